The molecule has 1 amide bonds. The summed E-state index contributed by atoms with van der Waals surface area (Å²) in [6.07, 6.45) is 5.89. The van der Waals surface area contributed by atoms with Crippen LogP contribution in [0.2, 0.25) is 0 Å². The van der Waals surface area contributed by atoms with Gasteiger partial charge in [-0.15, -0.1) is 0 Å². The number of ether oxygens (including phenoxy) is 1. The second kappa shape index (κ2) is 6.38. The van der Waals surface area contributed by atoms with Gasteiger partial charge in [0.15, 0.2) is 5.82 Å². The van der Waals surface area contributed by atoms with Crippen molar-refractivity contribution < 1.29 is 9.53 Å². The molecule has 1 aliphatic heterocycles. The van der Waals surface area contributed by atoms with Gasteiger partial charge in [0.05, 0.1) is 13.7 Å². The van der Waals surface area contributed by atoms with Crippen molar-refractivity contribution in [3.8, 4) is 5.75 Å². The number of carbonyl (C=O) groups excluding carboxylic acids is 1. The largest absolute Gasteiger partial charge is 0.497 e. The zero-order chi connectivity index (χ0) is 17.4. The van der Waals surface area contributed by atoms with Gasteiger partial charge in [-0.25, -0.2) is 14.3 Å². The molecule has 1 fully saturated rings. The van der Waals surface area contributed by atoms with E-state index in [1.165, 1.54) is 28.6 Å². The van der Waals surface area contributed by atoms with E-state index in [9.17, 15) is 9.59 Å². The fraction of sp³-hybridized carbons (Fsp3) is 0.500. The lowest BCUT2D eigenvalue weighted by atomic mass is 9.89. The minimum atomic E-state index is -0.316. The molecule has 2 heterocycles. The normalized spacial score (nSPS) is 17.8. The lowest BCUT2D eigenvalue weighted by Gasteiger charge is -2.22. The van der Waals surface area contributed by atoms with Gasteiger partial charge in [-0.1, -0.05) is 19.3 Å². The highest BCUT2D eigenvalue weighted by Gasteiger charge is 2.34. The van der Waals surface area contributed by atoms with Crippen LogP contribution < -0.4 is 15.3 Å². The van der Waals surface area contributed by atoms with Crippen LogP contribution in [0.5, 0.6) is 5.75 Å². The Hall–Kier alpha value is -2.57. The third kappa shape index (κ3) is 2.83. The van der Waals surface area contributed by atoms with Crippen LogP contribution in [0.4, 0.5) is 10.5 Å². The quantitative estimate of drug-likeness (QED) is 0.856. The molecule has 4 rings (SSSR count). The summed E-state index contributed by atoms with van der Waals surface area (Å²) >= 11 is 0. The molecular formula is C18H22N4O3. The molecule has 2 aromatic rings. The highest BCUT2D eigenvalue weighted by atomic mass is 16.5. The van der Waals surface area contributed by atoms with Gasteiger partial charge < -0.3 is 4.74 Å². The van der Waals surface area contributed by atoms with Gasteiger partial charge in [-0.3, -0.25) is 4.90 Å². The smallest absolute Gasteiger partial charge is 0.364 e. The zero-order valence-corrected chi connectivity index (χ0v) is 14.4. The Balaban J connectivity index is 1.60. The minimum Gasteiger partial charge on any atom is -0.497 e. The summed E-state index contributed by atoms with van der Waals surface area (Å²) in [6, 6.07) is 7.10. The summed E-state index contributed by atoms with van der Waals surface area (Å²) < 4.78 is 8.14. The van der Waals surface area contributed by atoms with Crippen LogP contribution in [0, 0.1) is 5.92 Å². The van der Waals surface area contributed by atoms with E-state index in [1.807, 2.05) is 24.3 Å². The van der Waals surface area contributed by atoms with Crippen LogP contribution in [0.15, 0.2) is 29.1 Å². The zero-order valence-electron chi connectivity index (χ0n) is 14.4. The van der Waals surface area contributed by atoms with Gasteiger partial charge >= 0.3 is 11.7 Å². The Labute approximate surface area is 145 Å². The number of hydrogen-bond donors (Lipinski definition) is 0. The Bertz CT molecular complexity index is 831. The maximum atomic E-state index is 12.9. The Kier molecular flexibility index (Phi) is 4.07. The Morgan fingerprint density at radius 1 is 1.12 bits per heavy atom. The van der Waals surface area contributed by atoms with E-state index in [2.05, 4.69) is 4.98 Å². The molecule has 1 aromatic carbocycles. The molecule has 2 aliphatic rings. The molecule has 0 bridgehead atoms. The molecule has 132 valence electrons. The highest BCUT2D eigenvalue weighted by Crippen LogP contribution is 2.27. The van der Waals surface area contributed by atoms with Crippen molar-refractivity contribution in [2.45, 2.75) is 45.2 Å². The summed E-state index contributed by atoms with van der Waals surface area (Å²) in [4.78, 5) is 30.9. The Morgan fingerprint density at radius 2 is 1.84 bits per heavy atom. The predicted octanol–water partition coefficient (Wildman–Crippen LogP) is 2.62. The maximum Gasteiger partial charge on any atom is 0.364 e. The molecule has 1 aromatic heterocycles. The van der Waals surface area contributed by atoms with Crippen molar-refractivity contribution in [1.82, 2.24) is 14.3 Å². The first kappa shape index (κ1) is 15.9. The highest BCUT2D eigenvalue weighted by molar-refractivity contribution is 5.95. The fourth-order valence-electron chi connectivity index (χ4n) is 3.82. The van der Waals surface area contributed by atoms with Crippen LogP contribution in [0.25, 0.3) is 0 Å². The lowest BCUT2D eigenvalue weighted by Crippen LogP contribution is -2.35. The molecule has 0 atom stereocenters. The van der Waals surface area contributed by atoms with Crippen molar-refractivity contribution in [2.24, 2.45) is 5.92 Å². The molecule has 25 heavy (non-hydrogen) atoms. The number of fused-ring (bicyclic) bond motifs is 1. The fourth-order valence-corrected chi connectivity index (χ4v) is 3.82. The number of rotatable bonds is 4. The van der Waals surface area contributed by atoms with Gasteiger partial charge in [-0.2, -0.15) is 9.67 Å². The number of benzene rings is 1. The SMILES string of the molecule is COc1ccc(N2Cc3nc(=O)n(CC4CCCCC4)n3C2=O)cc1. The van der Waals surface area contributed by atoms with Crippen LogP contribution in [-0.2, 0) is 13.1 Å². The van der Waals surface area contributed by atoms with Gasteiger partial charge in [0.25, 0.3) is 0 Å². The molecule has 0 saturated heterocycles. The number of nitrogens with zero attached hydrogens (tertiary/aromatic N) is 4. The molecule has 0 spiro atoms. The first-order valence-electron chi connectivity index (χ1n) is 8.82. The number of anilines is 1. The number of amides is 1. The second-order valence-corrected chi connectivity index (χ2v) is 6.78. The topological polar surface area (TPSA) is 69.4 Å². The molecule has 7 heteroatoms. The van der Waals surface area contributed by atoms with Crippen molar-refractivity contribution in [1.29, 1.82) is 0 Å². The summed E-state index contributed by atoms with van der Waals surface area (Å²) in [5, 5.41) is 0. The molecule has 1 aliphatic carbocycles. The molecule has 7 nitrogen and oxygen atoms in total. The van der Waals surface area contributed by atoms with E-state index in [0.717, 1.165) is 24.3 Å². The predicted molar refractivity (Wildman–Crippen MR) is 93.0 cm³/mol. The molecule has 0 N–H and O–H groups in total. The summed E-state index contributed by atoms with van der Waals surface area (Å²) in [7, 11) is 1.61. The Morgan fingerprint density at radius 3 is 2.52 bits per heavy atom. The number of aromatic nitrogens is 3. The molecule has 0 unspecified atom stereocenters. The van der Waals surface area contributed by atoms with Gasteiger partial charge in [0.2, 0.25) is 0 Å². The average Bonchev–Trinajstić information content (AvgIpc) is 3.12. The third-order valence-corrected chi connectivity index (χ3v) is 5.18. The second-order valence-electron chi connectivity index (χ2n) is 6.78. The van der Waals surface area contributed by atoms with E-state index < -0.39 is 0 Å². The van der Waals surface area contributed by atoms with Crippen LogP contribution in [0.1, 0.15) is 37.9 Å². The number of methoxy groups -OCH3 is 1. The lowest BCUT2D eigenvalue weighted by molar-refractivity contribution is 0.237. The van der Waals surface area contributed by atoms with E-state index in [4.69, 9.17) is 4.74 Å². The monoisotopic (exact) mass is 342 g/mol. The summed E-state index contributed by atoms with van der Waals surface area (Å²) in [5.74, 6) is 1.71. The minimum absolute atomic E-state index is 0.217. The van der Waals surface area contributed by atoms with Crippen molar-refractivity contribution in [2.75, 3.05) is 12.0 Å². The maximum absolute atomic E-state index is 12.9. The van der Waals surface area contributed by atoms with E-state index >= 15 is 0 Å². The summed E-state index contributed by atoms with van der Waals surface area (Å²) in [6.45, 7) is 0.895. The van der Waals surface area contributed by atoms with E-state index in [-0.39, 0.29) is 11.7 Å². The molecular weight excluding hydrogens is 320 g/mol. The number of carbonyl (C=O) groups is 1. The van der Waals surface area contributed by atoms with Crippen LogP contribution in [-0.4, -0.2) is 27.5 Å². The van der Waals surface area contributed by atoms with E-state index in [1.54, 1.807) is 12.0 Å². The van der Waals surface area contributed by atoms with Gasteiger partial charge in [0, 0.05) is 12.2 Å². The summed E-state index contributed by atoms with van der Waals surface area (Å²) in [5.41, 5.74) is 0.455. The van der Waals surface area contributed by atoms with Gasteiger partial charge in [0.1, 0.15) is 5.75 Å². The first-order valence-corrected chi connectivity index (χ1v) is 8.82. The van der Waals surface area contributed by atoms with Crippen molar-refractivity contribution >= 4 is 11.7 Å². The van der Waals surface area contributed by atoms with Crippen molar-refractivity contribution in [3.05, 3.63) is 40.6 Å². The van der Waals surface area contributed by atoms with Crippen LogP contribution >= 0.6 is 0 Å². The van der Waals surface area contributed by atoms with Crippen molar-refractivity contribution in [3.63, 3.8) is 0 Å². The van der Waals surface area contributed by atoms with Crippen LogP contribution in [0.3, 0.4) is 0 Å². The third-order valence-electron chi connectivity index (χ3n) is 5.18. The van der Waals surface area contributed by atoms with E-state index in [0.29, 0.717) is 24.8 Å². The molecule has 1 saturated carbocycles. The van der Waals surface area contributed by atoms with Gasteiger partial charge in [-0.05, 0) is 43.0 Å². The average molecular weight is 342 g/mol. The standard InChI is InChI=1S/C18H22N4O3/c1-25-15-9-7-14(8-10-15)20-12-16-19-17(23)21(22(16)18(20)24)11-13-5-3-2-4-6-13/h7-10,13H,2-6,11-12H2,1H3. The molecule has 0 radical (unpaired) electrons. The first-order chi connectivity index (χ1) is 12.2. The number of hydrogen-bond acceptors (Lipinski definition) is 4.